The highest BCUT2D eigenvalue weighted by molar-refractivity contribution is 5.56. The van der Waals surface area contributed by atoms with E-state index in [9.17, 15) is 0 Å². The topological polar surface area (TPSA) is 38.0 Å². The van der Waals surface area contributed by atoms with Crippen molar-refractivity contribution in [3.63, 3.8) is 0 Å². The molecule has 2 bridgehead atoms. The molecule has 1 heterocycles. The fourth-order valence-electron chi connectivity index (χ4n) is 3.64. The third kappa shape index (κ3) is 1.45. The molecule has 18 heavy (non-hydrogen) atoms. The summed E-state index contributed by atoms with van der Waals surface area (Å²) in [5, 5.41) is 3.39. The van der Waals surface area contributed by atoms with Gasteiger partial charge in [0.15, 0.2) is 0 Å². The van der Waals surface area contributed by atoms with Crippen molar-refractivity contribution in [2.75, 3.05) is 0 Å². The average molecular weight is 240 g/mol. The number of rotatable bonds is 0. The van der Waals surface area contributed by atoms with E-state index in [2.05, 4.69) is 44.0 Å². The molecule has 0 aromatic rings. The van der Waals surface area contributed by atoms with E-state index in [1.807, 2.05) is 6.08 Å². The van der Waals surface area contributed by atoms with Crippen molar-refractivity contribution in [3.05, 3.63) is 59.0 Å². The van der Waals surface area contributed by atoms with Gasteiger partial charge in [-0.15, -0.1) is 0 Å². The van der Waals surface area contributed by atoms with Crippen LogP contribution in [-0.4, -0.2) is 5.54 Å². The van der Waals surface area contributed by atoms with Crippen LogP contribution in [0.2, 0.25) is 0 Å². The highest BCUT2D eigenvalue weighted by atomic mass is 14.9. The molecule has 94 valence electrons. The summed E-state index contributed by atoms with van der Waals surface area (Å²) in [6.07, 6.45) is 10.7. The molecule has 0 fully saturated rings. The van der Waals surface area contributed by atoms with Crippen molar-refractivity contribution in [2.24, 2.45) is 11.7 Å². The molecule has 2 nitrogen and oxygen atoms in total. The summed E-state index contributed by atoms with van der Waals surface area (Å²) in [5.74, 6) is 0.444. The lowest BCUT2D eigenvalue weighted by atomic mass is 9.63. The Hall–Kier alpha value is -1.54. The second-order valence-corrected chi connectivity index (χ2v) is 5.59. The van der Waals surface area contributed by atoms with E-state index < -0.39 is 0 Å². The van der Waals surface area contributed by atoms with Crippen molar-refractivity contribution in [1.29, 1.82) is 0 Å². The average Bonchev–Trinajstić information content (AvgIpc) is 2.26. The second kappa shape index (κ2) is 3.72. The lowest BCUT2D eigenvalue weighted by Gasteiger charge is -2.47. The number of nitrogens with one attached hydrogen (secondary N) is 1. The third-order valence-electron chi connectivity index (χ3n) is 4.26. The smallest absolute Gasteiger partial charge is 0.0685 e. The standard InChI is InChI=1S/C16H20N2/c1-4-13-12-7-10(2)9-16(13,17)14-6-5-11(3)18-15(14)8-12/h4-7,12,18H,3,8-9,17H2,1-2H3/b13-4+. The van der Waals surface area contributed by atoms with Crippen LogP contribution in [0.5, 0.6) is 0 Å². The van der Waals surface area contributed by atoms with E-state index in [4.69, 9.17) is 5.73 Å². The summed E-state index contributed by atoms with van der Waals surface area (Å²) in [4.78, 5) is 0. The number of hydrogen-bond donors (Lipinski definition) is 2. The van der Waals surface area contributed by atoms with Crippen LogP contribution in [0.1, 0.15) is 26.7 Å². The zero-order valence-corrected chi connectivity index (χ0v) is 11.1. The minimum Gasteiger partial charge on any atom is -0.359 e. The van der Waals surface area contributed by atoms with Crippen molar-refractivity contribution in [2.45, 2.75) is 32.2 Å². The Morgan fingerprint density at radius 1 is 1.50 bits per heavy atom. The summed E-state index contributed by atoms with van der Waals surface area (Å²) in [6.45, 7) is 8.26. The van der Waals surface area contributed by atoms with Crippen LogP contribution in [0.15, 0.2) is 59.0 Å². The maximum absolute atomic E-state index is 6.76. The van der Waals surface area contributed by atoms with Gasteiger partial charge in [-0.2, -0.15) is 0 Å². The zero-order valence-electron chi connectivity index (χ0n) is 11.1. The summed E-state index contributed by atoms with van der Waals surface area (Å²) < 4.78 is 0. The Bertz CT molecular complexity index is 545. The molecule has 3 rings (SSSR count). The van der Waals surface area contributed by atoms with E-state index in [1.54, 1.807) is 0 Å². The Morgan fingerprint density at radius 2 is 2.28 bits per heavy atom. The Morgan fingerprint density at radius 3 is 3.00 bits per heavy atom. The second-order valence-electron chi connectivity index (χ2n) is 5.59. The summed E-state index contributed by atoms with van der Waals surface area (Å²) in [5.41, 5.74) is 12.7. The molecule has 0 spiro atoms. The summed E-state index contributed by atoms with van der Waals surface area (Å²) >= 11 is 0. The molecule has 2 atom stereocenters. The van der Waals surface area contributed by atoms with E-state index in [0.717, 1.165) is 18.5 Å². The van der Waals surface area contributed by atoms with E-state index >= 15 is 0 Å². The molecule has 0 amide bonds. The Kier molecular flexibility index (Phi) is 2.39. The number of hydrogen-bond acceptors (Lipinski definition) is 2. The van der Waals surface area contributed by atoms with Crippen molar-refractivity contribution >= 4 is 0 Å². The maximum Gasteiger partial charge on any atom is 0.0685 e. The first-order valence-electron chi connectivity index (χ1n) is 6.55. The maximum atomic E-state index is 6.76. The molecule has 2 heteroatoms. The first-order chi connectivity index (χ1) is 8.54. The number of dihydropyridines is 1. The van der Waals surface area contributed by atoms with Crippen molar-refractivity contribution in [3.8, 4) is 0 Å². The monoisotopic (exact) mass is 240 g/mol. The molecular weight excluding hydrogens is 220 g/mol. The van der Waals surface area contributed by atoms with Gasteiger partial charge in [0.2, 0.25) is 0 Å². The fourth-order valence-corrected chi connectivity index (χ4v) is 3.64. The van der Waals surface area contributed by atoms with E-state index in [-0.39, 0.29) is 5.54 Å². The van der Waals surface area contributed by atoms with Gasteiger partial charge in [0, 0.05) is 17.3 Å². The van der Waals surface area contributed by atoms with Crippen LogP contribution in [-0.2, 0) is 0 Å². The van der Waals surface area contributed by atoms with Gasteiger partial charge < -0.3 is 11.1 Å². The highest BCUT2D eigenvalue weighted by Crippen LogP contribution is 2.48. The van der Waals surface area contributed by atoms with Crippen LogP contribution in [0.4, 0.5) is 0 Å². The van der Waals surface area contributed by atoms with Crippen LogP contribution in [0.3, 0.4) is 0 Å². The van der Waals surface area contributed by atoms with E-state index in [1.165, 1.54) is 22.4 Å². The molecule has 2 unspecified atom stereocenters. The first kappa shape index (κ1) is 11.5. The Labute approximate surface area is 109 Å². The van der Waals surface area contributed by atoms with Crippen LogP contribution in [0.25, 0.3) is 0 Å². The van der Waals surface area contributed by atoms with Crippen LogP contribution >= 0.6 is 0 Å². The minimum atomic E-state index is -0.323. The number of nitrogens with two attached hydrogens (primary N) is 1. The third-order valence-corrected chi connectivity index (χ3v) is 4.26. The summed E-state index contributed by atoms with van der Waals surface area (Å²) in [7, 11) is 0. The number of allylic oxidation sites excluding steroid dienone is 4. The zero-order chi connectivity index (χ0) is 12.9. The highest BCUT2D eigenvalue weighted by Gasteiger charge is 2.44. The molecule has 2 aliphatic carbocycles. The first-order valence-corrected chi connectivity index (χ1v) is 6.55. The van der Waals surface area contributed by atoms with Gasteiger partial charge in [-0.1, -0.05) is 30.4 Å². The number of fused-ring (bicyclic) bond motifs is 3. The predicted octanol–water partition coefficient (Wildman–Crippen LogP) is 2.93. The molecule has 3 N–H and O–H groups in total. The van der Waals surface area contributed by atoms with Gasteiger partial charge in [-0.25, -0.2) is 0 Å². The normalized spacial score (nSPS) is 36.4. The summed E-state index contributed by atoms with van der Waals surface area (Å²) in [6, 6.07) is 0. The molecule has 3 aliphatic rings. The molecule has 0 saturated carbocycles. The lowest BCUT2D eigenvalue weighted by molar-refractivity contribution is 0.449. The molecule has 0 saturated heterocycles. The van der Waals surface area contributed by atoms with Crippen molar-refractivity contribution < 1.29 is 0 Å². The molecular formula is C16H20N2. The molecule has 0 aromatic heterocycles. The van der Waals surface area contributed by atoms with Crippen LogP contribution in [0, 0.1) is 5.92 Å². The lowest BCUT2D eigenvalue weighted by Crippen LogP contribution is -2.52. The van der Waals surface area contributed by atoms with Gasteiger partial charge in [0.25, 0.3) is 0 Å². The fraction of sp³-hybridized carbons (Fsp3) is 0.375. The largest absolute Gasteiger partial charge is 0.359 e. The minimum absolute atomic E-state index is 0.323. The molecule has 0 radical (unpaired) electrons. The molecule has 1 aliphatic heterocycles. The predicted molar refractivity (Wildman–Crippen MR) is 75.6 cm³/mol. The Balaban J connectivity index is 2.17. The van der Waals surface area contributed by atoms with Gasteiger partial charge in [0.1, 0.15) is 0 Å². The van der Waals surface area contributed by atoms with Gasteiger partial charge in [-0.3, -0.25) is 0 Å². The van der Waals surface area contributed by atoms with Crippen molar-refractivity contribution in [1.82, 2.24) is 5.32 Å². The van der Waals surface area contributed by atoms with E-state index in [0.29, 0.717) is 5.92 Å². The quantitative estimate of drug-likeness (QED) is 0.639. The van der Waals surface area contributed by atoms with Crippen LogP contribution < -0.4 is 11.1 Å². The van der Waals surface area contributed by atoms with Gasteiger partial charge in [-0.05, 0) is 43.9 Å². The van der Waals surface area contributed by atoms with Gasteiger partial charge in [0.05, 0.1) is 5.54 Å². The SMILES string of the molecule is C=C1C=CC2=C(CC3C=C(C)CC2(N)/C3=C/C)N1. The van der Waals surface area contributed by atoms with Gasteiger partial charge >= 0.3 is 0 Å². The molecule has 0 aromatic carbocycles.